The number of ether oxygens (including phenoxy) is 1. The summed E-state index contributed by atoms with van der Waals surface area (Å²) in [7, 11) is 0. The van der Waals surface area contributed by atoms with Gasteiger partial charge < -0.3 is 10.1 Å². The highest BCUT2D eigenvalue weighted by atomic mass is 35.5. The van der Waals surface area contributed by atoms with Gasteiger partial charge in [-0.25, -0.2) is 0 Å². The first kappa shape index (κ1) is 20.1. The summed E-state index contributed by atoms with van der Waals surface area (Å²) in [5, 5.41) is 4.64. The number of halogens is 2. The molecule has 2 nitrogen and oxygen atoms in total. The molecule has 0 aromatic heterocycles. The number of rotatable bonds is 11. The van der Waals surface area contributed by atoms with Gasteiger partial charge >= 0.3 is 0 Å². The molecular formula is C21H27Cl2NO. The summed E-state index contributed by atoms with van der Waals surface area (Å²) in [6, 6.07) is 13.7. The van der Waals surface area contributed by atoms with E-state index in [0.717, 1.165) is 24.4 Å². The van der Waals surface area contributed by atoms with Crippen molar-refractivity contribution in [1.29, 1.82) is 0 Å². The molecule has 0 bridgehead atoms. The van der Waals surface area contributed by atoms with Crippen molar-refractivity contribution in [2.75, 3.05) is 6.54 Å². The standard InChI is InChI=1S/C21H27Cl2NO/c1-2-3-4-5-8-13-24-15-18-9-6-7-10-21(18)25-16-17-11-12-19(22)20(23)14-17/h6-7,9-12,14,24H,2-5,8,13,15-16H2,1H3. The third-order valence-electron chi connectivity index (χ3n) is 4.12. The van der Waals surface area contributed by atoms with Crippen LogP contribution in [0.4, 0.5) is 0 Å². The maximum absolute atomic E-state index is 6.06. The van der Waals surface area contributed by atoms with E-state index in [4.69, 9.17) is 27.9 Å². The van der Waals surface area contributed by atoms with E-state index in [1.54, 1.807) is 6.07 Å². The van der Waals surface area contributed by atoms with Crippen molar-refractivity contribution >= 4 is 23.2 Å². The molecule has 4 heteroatoms. The van der Waals surface area contributed by atoms with Gasteiger partial charge in [-0.2, -0.15) is 0 Å². The maximum atomic E-state index is 6.06. The van der Waals surface area contributed by atoms with E-state index in [-0.39, 0.29) is 0 Å². The zero-order chi connectivity index (χ0) is 17.9. The first-order valence-electron chi connectivity index (χ1n) is 9.06. The zero-order valence-corrected chi connectivity index (χ0v) is 16.4. The Morgan fingerprint density at radius 2 is 1.72 bits per heavy atom. The second-order valence-corrected chi connectivity index (χ2v) is 7.05. The third kappa shape index (κ3) is 7.27. The van der Waals surface area contributed by atoms with Crippen molar-refractivity contribution < 1.29 is 4.74 Å². The average molecular weight is 380 g/mol. The molecule has 0 aliphatic heterocycles. The Bertz CT molecular complexity index is 646. The van der Waals surface area contributed by atoms with E-state index in [0.29, 0.717) is 16.7 Å². The molecule has 0 fully saturated rings. The smallest absolute Gasteiger partial charge is 0.124 e. The molecule has 0 spiro atoms. The molecule has 0 aliphatic rings. The number of unbranched alkanes of at least 4 members (excludes halogenated alkanes) is 4. The summed E-state index contributed by atoms with van der Waals surface area (Å²) < 4.78 is 5.99. The van der Waals surface area contributed by atoms with E-state index < -0.39 is 0 Å². The van der Waals surface area contributed by atoms with Gasteiger partial charge in [0.1, 0.15) is 12.4 Å². The van der Waals surface area contributed by atoms with Gasteiger partial charge in [0, 0.05) is 12.1 Å². The molecule has 25 heavy (non-hydrogen) atoms. The molecule has 1 N–H and O–H groups in total. The van der Waals surface area contributed by atoms with Gasteiger partial charge in [0.05, 0.1) is 10.0 Å². The topological polar surface area (TPSA) is 21.3 Å². The SMILES string of the molecule is CCCCCCCNCc1ccccc1OCc1ccc(Cl)c(Cl)c1. The van der Waals surface area contributed by atoms with Gasteiger partial charge in [-0.3, -0.25) is 0 Å². The Morgan fingerprint density at radius 3 is 2.52 bits per heavy atom. The summed E-state index contributed by atoms with van der Waals surface area (Å²) in [6.07, 6.45) is 6.49. The first-order chi connectivity index (χ1) is 12.2. The number of para-hydroxylation sites is 1. The molecule has 0 amide bonds. The fourth-order valence-electron chi connectivity index (χ4n) is 2.66. The maximum Gasteiger partial charge on any atom is 0.124 e. The normalized spacial score (nSPS) is 10.8. The van der Waals surface area contributed by atoms with E-state index in [1.807, 2.05) is 30.3 Å². The van der Waals surface area contributed by atoms with Crippen LogP contribution in [0.5, 0.6) is 5.75 Å². The molecular weight excluding hydrogens is 353 g/mol. The number of hydrogen-bond acceptors (Lipinski definition) is 2. The minimum Gasteiger partial charge on any atom is -0.489 e. The largest absolute Gasteiger partial charge is 0.489 e. The van der Waals surface area contributed by atoms with Crippen LogP contribution in [0.25, 0.3) is 0 Å². The van der Waals surface area contributed by atoms with Crippen LogP contribution in [0.15, 0.2) is 42.5 Å². The highest BCUT2D eigenvalue weighted by molar-refractivity contribution is 6.42. The van der Waals surface area contributed by atoms with Crippen LogP contribution in [0.1, 0.15) is 50.2 Å². The summed E-state index contributed by atoms with van der Waals surface area (Å²) in [6.45, 7) is 4.59. The first-order valence-corrected chi connectivity index (χ1v) is 9.81. The van der Waals surface area contributed by atoms with Crippen LogP contribution in [0, 0.1) is 0 Å². The van der Waals surface area contributed by atoms with Crippen LogP contribution in [0.2, 0.25) is 10.0 Å². The second kappa shape index (κ2) is 11.4. The van der Waals surface area contributed by atoms with Crippen LogP contribution in [0.3, 0.4) is 0 Å². The predicted molar refractivity (Wildman–Crippen MR) is 108 cm³/mol. The second-order valence-electron chi connectivity index (χ2n) is 6.24. The quantitative estimate of drug-likeness (QED) is 0.442. The lowest BCUT2D eigenvalue weighted by Gasteiger charge is -2.13. The molecule has 0 unspecified atom stereocenters. The summed E-state index contributed by atoms with van der Waals surface area (Å²) in [4.78, 5) is 0. The van der Waals surface area contributed by atoms with Gasteiger partial charge in [0.2, 0.25) is 0 Å². The minimum atomic E-state index is 0.477. The van der Waals surface area contributed by atoms with Gasteiger partial charge in [0.15, 0.2) is 0 Å². The highest BCUT2D eigenvalue weighted by Gasteiger charge is 2.05. The van der Waals surface area contributed by atoms with Crippen molar-refractivity contribution in [3.63, 3.8) is 0 Å². The summed E-state index contributed by atoms with van der Waals surface area (Å²) >= 11 is 12.0. The van der Waals surface area contributed by atoms with E-state index in [1.165, 1.54) is 37.7 Å². The third-order valence-corrected chi connectivity index (χ3v) is 4.86. The van der Waals surface area contributed by atoms with Gasteiger partial charge in [-0.1, -0.05) is 80.1 Å². The fraction of sp³-hybridized carbons (Fsp3) is 0.429. The molecule has 2 rings (SSSR count). The Hall–Kier alpha value is -1.22. The van der Waals surface area contributed by atoms with Crippen molar-refractivity contribution in [3.8, 4) is 5.75 Å². The van der Waals surface area contributed by atoms with Crippen molar-refractivity contribution in [2.24, 2.45) is 0 Å². The van der Waals surface area contributed by atoms with Crippen LogP contribution < -0.4 is 10.1 Å². The molecule has 0 aliphatic carbocycles. The number of nitrogens with one attached hydrogen (secondary N) is 1. The summed E-state index contributed by atoms with van der Waals surface area (Å²) in [5.74, 6) is 0.909. The minimum absolute atomic E-state index is 0.477. The molecule has 136 valence electrons. The zero-order valence-electron chi connectivity index (χ0n) is 14.9. The predicted octanol–water partition coefficient (Wildman–Crippen LogP) is 6.63. The molecule has 0 heterocycles. The highest BCUT2D eigenvalue weighted by Crippen LogP contribution is 2.24. The monoisotopic (exact) mass is 379 g/mol. The average Bonchev–Trinajstić information content (AvgIpc) is 2.63. The van der Waals surface area contributed by atoms with Gasteiger partial charge in [0.25, 0.3) is 0 Å². The Labute approximate surface area is 161 Å². The number of hydrogen-bond donors (Lipinski definition) is 1. The molecule has 2 aromatic carbocycles. The van der Waals surface area contributed by atoms with Crippen molar-refractivity contribution in [1.82, 2.24) is 5.32 Å². The van der Waals surface area contributed by atoms with Gasteiger partial charge in [-0.05, 0) is 36.7 Å². The lowest BCUT2D eigenvalue weighted by atomic mass is 10.1. The van der Waals surface area contributed by atoms with E-state index in [2.05, 4.69) is 18.3 Å². The van der Waals surface area contributed by atoms with Crippen molar-refractivity contribution in [3.05, 3.63) is 63.6 Å². The Morgan fingerprint density at radius 1 is 0.920 bits per heavy atom. The van der Waals surface area contributed by atoms with E-state index in [9.17, 15) is 0 Å². The lowest BCUT2D eigenvalue weighted by Crippen LogP contribution is -2.15. The van der Waals surface area contributed by atoms with Crippen molar-refractivity contribution in [2.45, 2.75) is 52.2 Å². The fourth-order valence-corrected chi connectivity index (χ4v) is 2.98. The molecule has 0 radical (unpaired) electrons. The molecule has 0 saturated heterocycles. The Balaban J connectivity index is 1.80. The van der Waals surface area contributed by atoms with Crippen LogP contribution >= 0.6 is 23.2 Å². The summed E-state index contributed by atoms with van der Waals surface area (Å²) in [5.41, 5.74) is 2.18. The molecule has 0 atom stereocenters. The molecule has 0 saturated carbocycles. The molecule has 2 aromatic rings. The van der Waals surface area contributed by atoms with Gasteiger partial charge in [-0.15, -0.1) is 0 Å². The van der Waals surface area contributed by atoms with Crippen LogP contribution in [-0.4, -0.2) is 6.54 Å². The number of benzene rings is 2. The lowest BCUT2D eigenvalue weighted by molar-refractivity contribution is 0.302. The Kier molecular flexibility index (Phi) is 9.17. The van der Waals surface area contributed by atoms with E-state index >= 15 is 0 Å². The van der Waals surface area contributed by atoms with Crippen LogP contribution in [-0.2, 0) is 13.2 Å².